The highest BCUT2D eigenvalue weighted by molar-refractivity contribution is 5.71. The molecule has 76 heavy (non-hydrogen) atoms. The Morgan fingerprint density at radius 3 is 0.855 bits per heavy atom. The summed E-state index contributed by atoms with van der Waals surface area (Å²) in [6.45, 7) is 6.49. The van der Waals surface area contributed by atoms with Crippen LogP contribution in [0.25, 0.3) is 0 Å². The minimum atomic E-state index is -0.807. The van der Waals surface area contributed by atoms with Crippen molar-refractivity contribution in [2.45, 2.75) is 316 Å². The van der Waals surface area contributed by atoms with Crippen molar-refractivity contribution >= 4 is 17.9 Å². The topological polar surface area (TPSA) is 78.9 Å². The predicted molar refractivity (Wildman–Crippen MR) is 330 cm³/mol. The van der Waals surface area contributed by atoms with E-state index < -0.39 is 6.10 Å². The Kier molecular flexibility index (Phi) is 60.8. The first-order valence-electron chi connectivity index (χ1n) is 32.2. The molecule has 0 spiro atoms. The number of hydrogen-bond acceptors (Lipinski definition) is 6. The predicted octanol–water partition coefficient (Wildman–Crippen LogP) is 22.0. The van der Waals surface area contributed by atoms with Crippen LogP contribution < -0.4 is 0 Å². The zero-order chi connectivity index (χ0) is 55.0. The molecule has 0 heterocycles. The largest absolute Gasteiger partial charge is 0.462 e. The summed E-state index contributed by atoms with van der Waals surface area (Å²) in [5.41, 5.74) is 0. The number of allylic oxidation sites excluding steroid dienone is 16. The average molecular weight is 1060 g/mol. The first-order chi connectivity index (χ1) is 37.5. The molecule has 6 nitrogen and oxygen atoms in total. The van der Waals surface area contributed by atoms with E-state index >= 15 is 0 Å². The van der Waals surface area contributed by atoms with Crippen molar-refractivity contribution in [2.75, 3.05) is 13.2 Å². The van der Waals surface area contributed by atoms with Gasteiger partial charge in [0.25, 0.3) is 0 Å². The molecule has 0 aliphatic carbocycles. The first kappa shape index (κ1) is 72.3. The van der Waals surface area contributed by atoms with Crippen molar-refractivity contribution < 1.29 is 28.6 Å². The lowest BCUT2D eigenvalue weighted by atomic mass is 10.0. The summed E-state index contributed by atoms with van der Waals surface area (Å²) in [5.74, 6) is -0.945. The van der Waals surface area contributed by atoms with E-state index in [0.717, 1.165) is 116 Å². The van der Waals surface area contributed by atoms with Crippen LogP contribution in [0.4, 0.5) is 0 Å². The van der Waals surface area contributed by atoms with E-state index in [4.69, 9.17) is 14.2 Å². The lowest BCUT2D eigenvalue weighted by Crippen LogP contribution is -2.30. The summed E-state index contributed by atoms with van der Waals surface area (Å²) in [6, 6.07) is 0. The smallest absolute Gasteiger partial charge is 0.306 e. The lowest BCUT2D eigenvalue weighted by Gasteiger charge is -2.18. The van der Waals surface area contributed by atoms with Gasteiger partial charge in [0.05, 0.1) is 0 Å². The minimum Gasteiger partial charge on any atom is -0.462 e. The van der Waals surface area contributed by atoms with Crippen molar-refractivity contribution in [2.24, 2.45) is 0 Å². The Hall–Kier alpha value is -3.67. The van der Waals surface area contributed by atoms with Crippen molar-refractivity contribution in [3.63, 3.8) is 0 Å². The van der Waals surface area contributed by atoms with E-state index in [1.807, 2.05) is 0 Å². The molecule has 0 aliphatic heterocycles. The van der Waals surface area contributed by atoms with Crippen LogP contribution in [0, 0.1) is 0 Å². The molecule has 0 saturated carbocycles. The summed E-state index contributed by atoms with van der Waals surface area (Å²) in [5, 5.41) is 0. The molecule has 0 fully saturated rings. The van der Waals surface area contributed by atoms with Crippen molar-refractivity contribution in [3.8, 4) is 0 Å². The van der Waals surface area contributed by atoms with Crippen LogP contribution in [0.2, 0.25) is 0 Å². The number of carbonyl (C=O) groups excluding carboxylic acids is 3. The SMILES string of the molecule is CC/C=C\C/C=C\C/C=C\C/C=C\C/C=C\C/C=C\CCCCC(=O)OC(COC(=O)CCCCCCC/C=C\C/C=C\CCCCC)COC(=O)CCCCCCCCCCCCCCCCCCCCCCCC. The van der Waals surface area contributed by atoms with Crippen LogP contribution in [0.15, 0.2) is 97.2 Å². The van der Waals surface area contributed by atoms with Crippen molar-refractivity contribution in [1.82, 2.24) is 0 Å². The second-order valence-corrected chi connectivity index (χ2v) is 21.3. The lowest BCUT2D eigenvalue weighted by molar-refractivity contribution is -0.167. The molecule has 0 radical (unpaired) electrons. The number of ether oxygens (including phenoxy) is 3. The molecule has 0 aromatic heterocycles. The fraction of sp³-hybridized carbons (Fsp3) is 0.729. The van der Waals surface area contributed by atoms with Crippen LogP contribution in [0.1, 0.15) is 310 Å². The van der Waals surface area contributed by atoms with Gasteiger partial charge in [-0.3, -0.25) is 14.4 Å². The number of unbranched alkanes of at least 4 members (excludes halogenated alkanes) is 31. The molecule has 1 atom stereocenters. The van der Waals surface area contributed by atoms with Gasteiger partial charge in [-0.1, -0.05) is 285 Å². The van der Waals surface area contributed by atoms with Gasteiger partial charge in [0.1, 0.15) is 13.2 Å². The van der Waals surface area contributed by atoms with E-state index in [1.165, 1.54) is 148 Å². The maximum absolute atomic E-state index is 12.9. The third-order valence-corrected chi connectivity index (χ3v) is 13.8. The molecule has 0 amide bonds. The fourth-order valence-corrected chi connectivity index (χ4v) is 9.01. The molecule has 1 unspecified atom stereocenters. The van der Waals surface area contributed by atoms with Crippen LogP contribution in [-0.4, -0.2) is 37.2 Å². The van der Waals surface area contributed by atoms with Gasteiger partial charge in [0, 0.05) is 19.3 Å². The molecule has 0 aromatic carbocycles. The van der Waals surface area contributed by atoms with Gasteiger partial charge in [0.2, 0.25) is 0 Å². The molecule has 6 heteroatoms. The van der Waals surface area contributed by atoms with Crippen LogP contribution >= 0.6 is 0 Å². The highest BCUT2D eigenvalue weighted by atomic mass is 16.6. The molecule has 0 aromatic rings. The fourth-order valence-electron chi connectivity index (χ4n) is 9.01. The second-order valence-electron chi connectivity index (χ2n) is 21.3. The summed E-state index contributed by atoms with van der Waals surface area (Å²) in [6.07, 6.45) is 85.6. The molecule has 0 N–H and O–H groups in total. The Balaban J connectivity index is 4.43. The van der Waals surface area contributed by atoms with Gasteiger partial charge in [-0.05, 0) is 103 Å². The van der Waals surface area contributed by atoms with Crippen LogP contribution in [0.3, 0.4) is 0 Å². The zero-order valence-corrected chi connectivity index (χ0v) is 50.0. The minimum absolute atomic E-state index is 0.0978. The van der Waals surface area contributed by atoms with E-state index in [1.54, 1.807) is 0 Å². The highest BCUT2D eigenvalue weighted by Gasteiger charge is 2.19. The standard InChI is InChI=1S/C70H120O6/c1-4-7-10-13-16-19-22-25-28-30-32-34-36-37-39-42-45-48-51-54-57-60-63-69(72)75-66-67(65-74-68(71)62-59-56-53-50-47-44-41-27-24-21-18-15-12-9-6-3)76-70(73)64-61-58-55-52-49-46-43-40-38-35-33-31-29-26-23-20-17-14-11-8-5-2/h8,11,17-18,20-21,26-27,29,33,35,40-41,43,49,52,67H,4-7,9-10,12-16,19,22-25,28,30-32,34,36-39,42,44-48,50-51,53-66H2,1-3H3/b11-8-,20-17-,21-18-,29-26-,35-33-,41-27-,43-40-,52-49-. The second kappa shape index (κ2) is 63.9. The number of rotatable bonds is 58. The van der Waals surface area contributed by atoms with E-state index in [0.29, 0.717) is 19.3 Å². The average Bonchev–Trinajstić information content (AvgIpc) is 3.42. The maximum Gasteiger partial charge on any atom is 0.306 e. The molecule has 0 rings (SSSR count). The van der Waals surface area contributed by atoms with Gasteiger partial charge < -0.3 is 14.2 Å². The molecule has 436 valence electrons. The molecule has 0 saturated heterocycles. The Labute approximate surface area is 470 Å². The Morgan fingerprint density at radius 2 is 0.513 bits per heavy atom. The van der Waals surface area contributed by atoms with Crippen molar-refractivity contribution in [3.05, 3.63) is 97.2 Å². The van der Waals surface area contributed by atoms with Gasteiger partial charge in [-0.15, -0.1) is 0 Å². The molecule has 0 aliphatic rings. The van der Waals surface area contributed by atoms with E-state index in [9.17, 15) is 14.4 Å². The summed E-state index contributed by atoms with van der Waals surface area (Å²) in [7, 11) is 0. The maximum atomic E-state index is 12.9. The molecular weight excluding hydrogens is 937 g/mol. The van der Waals surface area contributed by atoms with Crippen LogP contribution in [0.5, 0.6) is 0 Å². The first-order valence-corrected chi connectivity index (χ1v) is 32.2. The number of esters is 3. The third kappa shape index (κ3) is 61.2. The van der Waals surface area contributed by atoms with E-state index in [-0.39, 0.29) is 37.5 Å². The Bertz CT molecular complexity index is 1490. The van der Waals surface area contributed by atoms with Gasteiger partial charge >= 0.3 is 17.9 Å². The van der Waals surface area contributed by atoms with Gasteiger partial charge in [-0.25, -0.2) is 0 Å². The van der Waals surface area contributed by atoms with Gasteiger partial charge in [-0.2, -0.15) is 0 Å². The summed E-state index contributed by atoms with van der Waals surface area (Å²) >= 11 is 0. The third-order valence-electron chi connectivity index (χ3n) is 13.8. The Morgan fingerprint density at radius 1 is 0.276 bits per heavy atom. The molecular formula is C70H120O6. The zero-order valence-electron chi connectivity index (χ0n) is 50.0. The summed E-state index contributed by atoms with van der Waals surface area (Å²) in [4.78, 5) is 38.3. The monoisotopic (exact) mass is 1060 g/mol. The highest BCUT2D eigenvalue weighted by Crippen LogP contribution is 2.17. The van der Waals surface area contributed by atoms with E-state index in [2.05, 4.69) is 118 Å². The number of hydrogen-bond donors (Lipinski definition) is 0. The molecule has 0 bridgehead atoms. The summed E-state index contributed by atoms with van der Waals surface area (Å²) < 4.78 is 16.9. The normalized spacial score (nSPS) is 12.7. The van der Waals surface area contributed by atoms with Gasteiger partial charge in [0.15, 0.2) is 6.10 Å². The number of carbonyl (C=O) groups is 3. The van der Waals surface area contributed by atoms with Crippen molar-refractivity contribution in [1.29, 1.82) is 0 Å². The van der Waals surface area contributed by atoms with Crippen LogP contribution in [-0.2, 0) is 28.6 Å². The quantitative estimate of drug-likeness (QED) is 0.0261.